The number of amides is 2. The summed E-state index contributed by atoms with van der Waals surface area (Å²) in [6.45, 7) is 0.205. The summed E-state index contributed by atoms with van der Waals surface area (Å²) >= 11 is 2.07. The first-order valence-corrected chi connectivity index (χ1v) is 14.2. The van der Waals surface area contributed by atoms with Crippen LogP contribution in [0.4, 0.5) is 0 Å². The van der Waals surface area contributed by atoms with Crippen molar-refractivity contribution in [2.45, 2.75) is 50.5 Å². The molecule has 4 N–H and O–H groups in total. The van der Waals surface area contributed by atoms with E-state index in [0.717, 1.165) is 18.4 Å². The Hall–Kier alpha value is -2.67. The van der Waals surface area contributed by atoms with Crippen LogP contribution in [0.1, 0.15) is 30.4 Å². The van der Waals surface area contributed by atoms with Gasteiger partial charge in [-0.15, -0.1) is 0 Å². The molecule has 1 saturated carbocycles. The maximum Gasteiger partial charge on any atom is 0.247 e. The van der Waals surface area contributed by atoms with E-state index in [4.69, 9.17) is 9.47 Å². The van der Waals surface area contributed by atoms with E-state index in [1.807, 2.05) is 30.3 Å². The zero-order chi connectivity index (χ0) is 27.9. The Morgan fingerprint density at radius 3 is 2.51 bits per heavy atom. The summed E-state index contributed by atoms with van der Waals surface area (Å²) in [6, 6.07) is 12.2. The number of hydrogen-bond donors (Lipinski definition) is 4. The van der Waals surface area contributed by atoms with Gasteiger partial charge in [-0.3, -0.25) is 9.59 Å². The average Bonchev–Trinajstić information content (AvgIpc) is 3.77. The van der Waals surface area contributed by atoms with Gasteiger partial charge in [-0.1, -0.05) is 30.3 Å². The SMILES string of the molecule is COc1cc(CO)cc(I)c1O[C@H]1C=C(C(=O)NCCO)C[C@@H](N(CC2CC2)C(=O)Cc2ccccc2)[C@@H]1O. The first-order valence-electron chi connectivity index (χ1n) is 13.1. The van der Waals surface area contributed by atoms with Crippen molar-refractivity contribution in [3.8, 4) is 11.5 Å². The van der Waals surface area contributed by atoms with Crippen molar-refractivity contribution in [2.24, 2.45) is 5.92 Å². The Balaban J connectivity index is 1.67. The molecule has 210 valence electrons. The lowest BCUT2D eigenvalue weighted by atomic mass is 9.87. The number of ether oxygens (including phenoxy) is 2. The largest absolute Gasteiger partial charge is 0.493 e. The van der Waals surface area contributed by atoms with Crippen LogP contribution >= 0.6 is 22.6 Å². The highest BCUT2D eigenvalue weighted by molar-refractivity contribution is 14.1. The zero-order valence-corrected chi connectivity index (χ0v) is 24.0. The standard InChI is InChI=1S/C29H35IN2O7/c1-38-25-12-20(17-34)11-22(30)28(25)39-24-15-21(29(37)31-9-10-33)14-23(27(24)36)32(16-19-7-8-19)26(35)13-18-5-3-2-4-6-18/h2-6,11-12,15,19,23-24,27,33-34,36H,7-10,13-14,16-17H2,1H3,(H,31,37)/t23-,24+,27+/m1/s1. The summed E-state index contributed by atoms with van der Waals surface area (Å²) in [5.74, 6) is 0.618. The van der Waals surface area contributed by atoms with Crippen molar-refractivity contribution in [3.05, 3.63) is 68.8 Å². The second kappa shape index (κ2) is 13.6. The zero-order valence-electron chi connectivity index (χ0n) is 21.9. The van der Waals surface area contributed by atoms with E-state index in [2.05, 4.69) is 27.9 Å². The van der Waals surface area contributed by atoms with Crippen molar-refractivity contribution in [1.82, 2.24) is 10.2 Å². The summed E-state index contributed by atoms with van der Waals surface area (Å²) in [5, 5.41) is 33.1. The van der Waals surface area contributed by atoms with E-state index in [1.165, 1.54) is 7.11 Å². The summed E-state index contributed by atoms with van der Waals surface area (Å²) in [5.41, 5.74) is 1.89. The summed E-state index contributed by atoms with van der Waals surface area (Å²) < 4.78 is 12.5. The van der Waals surface area contributed by atoms with Gasteiger partial charge in [0, 0.05) is 25.1 Å². The fourth-order valence-corrected chi connectivity index (χ4v) is 5.56. The van der Waals surface area contributed by atoms with Gasteiger partial charge in [-0.2, -0.15) is 0 Å². The quantitative estimate of drug-likeness (QED) is 0.260. The van der Waals surface area contributed by atoms with Crippen molar-refractivity contribution < 1.29 is 34.4 Å². The van der Waals surface area contributed by atoms with E-state index < -0.39 is 18.2 Å². The van der Waals surface area contributed by atoms with Gasteiger partial charge < -0.3 is 35.0 Å². The Bertz CT molecular complexity index is 1190. The first kappa shape index (κ1) is 29.3. The molecule has 0 aromatic heterocycles. The molecular formula is C29H35IN2O7. The van der Waals surface area contributed by atoms with Gasteiger partial charge >= 0.3 is 0 Å². The van der Waals surface area contributed by atoms with Crippen molar-refractivity contribution >= 4 is 34.4 Å². The number of nitrogens with zero attached hydrogens (tertiary/aromatic N) is 1. The molecule has 2 amide bonds. The third-order valence-corrected chi connectivity index (χ3v) is 7.81. The number of methoxy groups -OCH3 is 1. The van der Waals surface area contributed by atoms with Crippen molar-refractivity contribution in [3.63, 3.8) is 0 Å². The molecular weight excluding hydrogens is 615 g/mol. The van der Waals surface area contributed by atoms with Crippen LogP contribution in [-0.2, 0) is 22.6 Å². The van der Waals surface area contributed by atoms with Crippen molar-refractivity contribution in [1.29, 1.82) is 0 Å². The number of aliphatic hydroxyl groups is 3. The number of carbonyl (C=O) groups is 2. The highest BCUT2D eigenvalue weighted by Gasteiger charge is 2.42. The van der Waals surface area contributed by atoms with Gasteiger partial charge in [0.05, 0.1) is 36.4 Å². The predicted octanol–water partition coefficient (Wildman–Crippen LogP) is 2.19. The van der Waals surface area contributed by atoms with Crippen LogP contribution in [0, 0.1) is 9.49 Å². The van der Waals surface area contributed by atoms with Crippen LogP contribution in [0.25, 0.3) is 0 Å². The maximum atomic E-state index is 13.6. The van der Waals surface area contributed by atoms with Crippen LogP contribution in [-0.4, -0.2) is 77.1 Å². The average molecular weight is 651 g/mol. The molecule has 0 saturated heterocycles. The molecule has 3 atom stereocenters. The molecule has 4 rings (SSSR count). The maximum absolute atomic E-state index is 13.6. The topological polar surface area (TPSA) is 129 Å². The Labute approximate surface area is 241 Å². The van der Waals surface area contributed by atoms with Crippen LogP contribution in [0.3, 0.4) is 0 Å². The van der Waals surface area contributed by atoms with Gasteiger partial charge in [-0.05, 0) is 70.7 Å². The Kier molecular flexibility index (Phi) is 10.2. The minimum absolute atomic E-state index is 0.0853. The van der Waals surface area contributed by atoms with Gasteiger partial charge in [0.1, 0.15) is 12.2 Å². The van der Waals surface area contributed by atoms with Gasteiger partial charge in [0.2, 0.25) is 11.8 Å². The molecule has 0 heterocycles. The van der Waals surface area contributed by atoms with E-state index in [-0.39, 0.29) is 44.4 Å². The van der Waals surface area contributed by atoms with E-state index in [1.54, 1.807) is 23.1 Å². The third-order valence-electron chi connectivity index (χ3n) is 7.01. The Morgan fingerprint density at radius 2 is 1.87 bits per heavy atom. The van der Waals surface area contributed by atoms with E-state index in [0.29, 0.717) is 38.7 Å². The molecule has 39 heavy (non-hydrogen) atoms. The molecule has 0 bridgehead atoms. The lowest BCUT2D eigenvalue weighted by molar-refractivity contribution is -0.138. The number of benzene rings is 2. The van der Waals surface area contributed by atoms with Crippen molar-refractivity contribution in [2.75, 3.05) is 26.8 Å². The number of halogens is 1. The van der Waals surface area contributed by atoms with Crippen LogP contribution in [0.5, 0.6) is 11.5 Å². The van der Waals surface area contributed by atoms with E-state index >= 15 is 0 Å². The first-order chi connectivity index (χ1) is 18.8. The smallest absolute Gasteiger partial charge is 0.247 e. The summed E-state index contributed by atoms with van der Waals surface area (Å²) in [7, 11) is 1.49. The lowest BCUT2D eigenvalue weighted by Crippen LogP contribution is -2.56. The number of rotatable bonds is 12. The number of aliphatic hydroxyl groups excluding tert-OH is 3. The van der Waals surface area contributed by atoms with E-state index in [9.17, 15) is 24.9 Å². The molecule has 2 aromatic rings. The molecule has 2 aliphatic rings. The fourth-order valence-electron chi connectivity index (χ4n) is 4.77. The molecule has 2 aromatic carbocycles. The monoisotopic (exact) mass is 650 g/mol. The van der Waals surface area contributed by atoms with Gasteiger partial charge in [-0.25, -0.2) is 0 Å². The van der Waals surface area contributed by atoms with Gasteiger partial charge in [0.15, 0.2) is 11.5 Å². The third kappa shape index (κ3) is 7.50. The van der Waals surface area contributed by atoms with Crippen LogP contribution in [0.2, 0.25) is 0 Å². The summed E-state index contributed by atoms with van der Waals surface area (Å²) in [4.78, 5) is 28.4. The van der Waals surface area contributed by atoms with Gasteiger partial charge in [0.25, 0.3) is 0 Å². The molecule has 0 radical (unpaired) electrons. The van der Waals surface area contributed by atoms with Crippen LogP contribution in [0.15, 0.2) is 54.1 Å². The number of carbonyl (C=O) groups excluding carboxylic acids is 2. The summed E-state index contributed by atoms with van der Waals surface area (Å²) in [6.07, 6.45) is 1.90. The molecule has 9 nitrogen and oxygen atoms in total. The normalized spacial score (nSPS) is 20.6. The molecule has 0 unspecified atom stereocenters. The Morgan fingerprint density at radius 1 is 1.13 bits per heavy atom. The number of hydrogen-bond acceptors (Lipinski definition) is 7. The lowest BCUT2D eigenvalue weighted by Gasteiger charge is -2.41. The minimum Gasteiger partial charge on any atom is -0.493 e. The second-order valence-electron chi connectivity index (χ2n) is 9.93. The predicted molar refractivity (Wildman–Crippen MR) is 153 cm³/mol. The highest BCUT2D eigenvalue weighted by Crippen LogP contribution is 2.38. The molecule has 10 heteroatoms. The fraction of sp³-hybridized carbons (Fsp3) is 0.448. The second-order valence-corrected chi connectivity index (χ2v) is 11.1. The number of nitrogens with one attached hydrogen (secondary N) is 1. The molecule has 2 aliphatic carbocycles. The minimum atomic E-state index is -1.11. The van der Waals surface area contributed by atoms with Crippen LogP contribution < -0.4 is 14.8 Å². The highest BCUT2D eigenvalue weighted by atomic mass is 127. The molecule has 0 aliphatic heterocycles. The molecule has 0 spiro atoms. The molecule has 1 fully saturated rings.